The van der Waals surface area contributed by atoms with E-state index in [9.17, 15) is 13.5 Å². The summed E-state index contributed by atoms with van der Waals surface area (Å²) in [4.78, 5) is 2.28. The molecule has 21 heavy (non-hydrogen) atoms. The summed E-state index contributed by atoms with van der Waals surface area (Å²) in [5.41, 5.74) is -0.00185. The van der Waals surface area contributed by atoms with Crippen LogP contribution in [0.15, 0.2) is 29.2 Å². The fourth-order valence-corrected chi connectivity index (χ4v) is 3.68. The lowest BCUT2D eigenvalue weighted by Crippen LogP contribution is -2.42. The highest BCUT2D eigenvalue weighted by atomic mass is 32.2. The van der Waals surface area contributed by atoms with Gasteiger partial charge in [0.15, 0.2) is 0 Å². The highest BCUT2D eigenvalue weighted by Crippen LogP contribution is 2.19. The number of nitrogens with zero attached hydrogens (tertiary/aromatic N) is 2. The van der Waals surface area contributed by atoms with Gasteiger partial charge in [-0.1, -0.05) is 19.1 Å². The summed E-state index contributed by atoms with van der Waals surface area (Å²) in [7, 11) is 0.360. The predicted molar refractivity (Wildman–Crippen MR) is 84.6 cm³/mol. The van der Waals surface area contributed by atoms with Crippen molar-refractivity contribution in [2.24, 2.45) is 0 Å². The highest BCUT2D eigenvalue weighted by molar-refractivity contribution is 7.89. The van der Waals surface area contributed by atoms with E-state index in [1.165, 1.54) is 4.31 Å². The molecule has 1 N–H and O–H groups in total. The molecule has 0 aliphatic heterocycles. The molecule has 0 fully saturated rings. The quantitative estimate of drug-likeness (QED) is 0.829. The average Bonchev–Trinajstić information content (AvgIpc) is 2.34. The fraction of sp³-hybridized carbons (Fsp3) is 0.600. The van der Waals surface area contributed by atoms with Crippen molar-refractivity contribution in [3.05, 3.63) is 29.8 Å². The van der Waals surface area contributed by atoms with Gasteiger partial charge in [-0.2, -0.15) is 4.31 Å². The Bertz CT molecular complexity index is 545. The zero-order valence-electron chi connectivity index (χ0n) is 13.5. The molecule has 1 aromatic carbocycles. The van der Waals surface area contributed by atoms with Crippen molar-refractivity contribution in [1.29, 1.82) is 0 Å². The summed E-state index contributed by atoms with van der Waals surface area (Å²) in [5, 5.41) is 9.86. The Morgan fingerprint density at radius 1 is 1.14 bits per heavy atom. The van der Waals surface area contributed by atoms with Gasteiger partial charge in [0.25, 0.3) is 0 Å². The number of aliphatic hydroxyl groups is 1. The lowest BCUT2D eigenvalue weighted by Gasteiger charge is -2.27. The molecule has 0 radical (unpaired) electrons. The lowest BCUT2D eigenvalue weighted by atomic mass is 10.1. The maximum atomic E-state index is 12.6. The van der Waals surface area contributed by atoms with E-state index in [1.807, 2.05) is 31.1 Å². The van der Waals surface area contributed by atoms with Crippen LogP contribution in [0.4, 0.5) is 0 Å². The van der Waals surface area contributed by atoms with E-state index >= 15 is 0 Å². The molecular formula is C15H26N2O3S. The highest BCUT2D eigenvalue weighted by Gasteiger charge is 2.28. The van der Waals surface area contributed by atoms with Crippen LogP contribution >= 0.6 is 0 Å². The Labute approximate surface area is 128 Å². The topological polar surface area (TPSA) is 60.9 Å². The molecule has 0 saturated heterocycles. The molecule has 5 nitrogen and oxygen atoms in total. The standard InChI is InChI=1S/C15H26N2O3S/c1-6-17(12-15(2,3)18)21(19,20)14-9-7-13(8-10-14)11-16(4)5/h7-10,18H,6,11-12H2,1-5H3. The zero-order valence-corrected chi connectivity index (χ0v) is 14.3. The van der Waals surface area contributed by atoms with Gasteiger partial charge in [0.2, 0.25) is 10.0 Å². The summed E-state index contributed by atoms with van der Waals surface area (Å²) >= 11 is 0. The van der Waals surface area contributed by atoms with Gasteiger partial charge >= 0.3 is 0 Å². The first-order valence-corrected chi connectivity index (χ1v) is 8.46. The summed E-state index contributed by atoms with van der Waals surface area (Å²) in [6, 6.07) is 6.90. The Hall–Kier alpha value is -0.950. The number of benzene rings is 1. The van der Waals surface area contributed by atoms with Crippen molar-refractivity contribution in [2.75, 3.05) is 27.2 Å². The van der Waals surface area contributed by atoms with E-state index in [0.717, 1.165) is 12.1 Å². The summed E-state index contributed by atoms with van der Waals surface area (Å²) in [5.74, 6) is 0. The van der Waals surface area contributed by atoms with Gasteiger partial charge in [-0.05, 0) is 45.6 Å². The van der Waals surface area contributed by atoms with Crippen LogP contribution in [-0.2, 0) is 16.6 Å². The lowest BCUT2D eigenvalue weighted by molar-refractivity contribution is 0.0601. The molecule has 0 atom stereocenters. The second kappa shape index (κ2) is 6.87. The number of likely N-dealkylation sites (N-methyl/N-ethyl adjacent to an activating group) is 1. The van der Waals surface area contributed by atoms with Crippen LogP contribution in [0.5, 0.6) is 0 Å². The number of sulfonamides is 1. The van der Waals surface area contributed by atoms with E-state index in [4.69, 9.17) is 0 Å². The van der Waals surface area contributed by atoms with E-state index in [-0.39, 0.29) is 11.4 Å². The Kier molecular flexibility index (Phi) is 5.92. The second-order valence-corrected chi connectivity index (χ2v) is 8.06. The molecule has 0 bridgehead atoms. The first kappa shape index (κ1) is 18.1. The second-order valence-electron chi connectivity index (χ2n) is 6.13. The molecule has 0 saturated carbocycles. The van der Waals surface area contributed by atoms with Crippen molar-refractivity contribution in [3.63, 3.8) is 0 Å². The molecule has 0 spiro atoms. The minimum atomic E-state index is -3.57. The van der Waals surface area contributed by atoms with Crippen molar-refractivity contribution < 1.29 is 13.5 Å². The average molecular weight is 314 g/mol. The minimum absolute atomic E-state index is 0.0747. The van der Waals surface area contributed by atoms with E-state index in [1.54, 1.807) is 32.9 Å². The van der Waals surface area contributed by atoms with Crippen LogP contribution < -0.4 is 0 Å². The Morgan fingerprint density at radius 2 is 1.67 bits per heavy atom. The van der Waals surface area contributed by atoms with Crippen LogP contribution in [0.3, 0.4) is 0 Å². The first-order chi connectivity index (χ1) is 9.56. The van der Waals surface area contributed by atoms with Crippen molar-refractivity contribution in [3.8, 4) is 0 Å². The maximum Gasteiger partial charge on any atom is 0.243 e. The third-order valence-corrected chi connectivity index (χ3v) is 4.91. The normalized spacial score (nSPS) is 13.1. The Morgan fingerprint density at radius 3 is 2.05 bits per heavy atom. The zero-order chi connectivity index (χ0) is 16.3. The monoisotopic (exact) mass is 314 g/mol. The molecule has 0 aliphatic rings. The van der Waals surface area contributed by atoms with Crippen molar-refractivity contribution >= 4 is 10.0 Å². The van der Waals surface area contributed by atoms with Gasteiger partial charge in [-0.3, -0.25) is 0 Å². The molecule has 1 rings (SSSR count). The third-order valence-electron chi connectivity index (χ3n) is 2.98. The predicted octanol–water partition coefficient (Wildman–Crippen LogP) is 1.53. The molecule has 120 valence electrons. The molecule has 6 heteroatoms. The summed E-state index contributed by atoms with van der Waals surface area (Å²) in [6.07, 6.45) is 0. The van der Waals surface area contributed by atoms with Gasteiger partial charge in [-0.25, -0.2) is 8.42 Å². The summed E-state index contributed by atoms with van der Waals surface area (Å²) in [6.45, 7) is 6.14. The van der Waals surface area contributed by atoms with Gasteiger partial charge < -0.3 is 10.0 Å². The molecule has 0 aliphatic carbocycles. The number of rotatable bonds is 7. The van der Waals surface area contributed by atoms with Gasteiger partial charge in [0.05, 0.1) is 10.5 Å². The SMILES string of the molecule is CCN(CC(C)(C)O)S(=O)(=O)c1ccc(CN(C)C)cc1. The summed E-state index contributed by atoms with van der Waals surface area (Å²) < 4.78 is 26.5. The van der Waals surface area contributed by atoms with Crippen molar-refractivity contribution in [1.82, 2.24) is 9.21 Å². The molecule has 0 unspecified atom stereocenters. The molecule has 0 aromatic heterocycles. The molecule has 1 aromatic rings. The maximum absolute atomic E-state index is 12.6. The van der Waals surface area contributed by atoms with Crippen LogP contribution in [0, 0.1) is 0 Å². The van der Waals surface area contributed by atoms with E-state index < -0.39 is 15.6 Å². The van der Waals surface area contributed by atoms with Crippen LogP contribution in [0.1, 0.15) is 26.3 Å². The van der Waals surface area contributed by atoms with E-state index in [0.29, 0.717) is 6.54 Å². The van der Waals surface area contributed by atoms with Gasteiger partial charge in [-0.15, -0.1) is 0 Å². The number of hydrogen-bond acceptors (Lipinski definition) is 4. The smallest absolute Gasteiger partial charge is 0.243 e. The van der Waals surface area contributed by atoms with Crippen molar-refractivity contribution in [2.45, 2.75) is 37.8 Å². The van der Waals surface area contributed by atoms with Gasteiger partial charge in [0, 0.05) is 19.6 Å². The fourth-order valence-electron chi connectivity index (χ4n) is 2.08. The van der Waals surface area contributed by atoms with Gasteiger partial charge in [0.1, 0.15) is 0 Å². The number of hydrogen-bond donors (Lipinski definition) is 1. The molecule has 0 amide bonds. The third kappa shape index (κ3) is 5.39. The Balaban J connectivity index is 3.00. The minimum Gasteiger partial charge on any atom is -0.389 e. The van der Waals surface area contributed by atoms with Crippen LogP contribution in [0.25, 0.3) is 0 Å². The first-order valence-electron chi connectivity index (χ1n) is 7.02. The van der Waals surface area contributed by atoms with E-state index in [2.05, 4.69) is 0 Å². The molecular weight excluding hydrogens is 288 g/mol. The van der Waals surface area contributed by atoms with Crippen LogP contribution in [0.2, 0.25) is 0 Å². The molecule has 0 heterocycles. The largest absolute Gasteiger partial charge is 0.389 e. The van der Waals surface area contributed by atoms with Crippen LogP contribution in [-0.4, -0.2) is 55.5 Å².